The van der Waals surface area contributed by atoms with E-state index >= 15 is 0 Å². The van der Waals surface area contributed by atoms with Crippen molar-refractivity contribution in [3.8, 4) is 0 Å². The van der Waals surface area contributed by atoms with Gasteiger partial charge in [-0.25, -0.2) is 4.98 Å². The van der Waals surface area contributed by atoms with Gasteiger partial charge in [0.1, 0.15) is 0 Å². The topological polar surface area (TPSA) is 60.0 Å². The highest BCUT2D eigenvalue weighted by Crippen LogP contribution is 2.29. The van der Waals surface area contributed by atoms with E-state index in [4.69, 9.17) is 5.73 Å². The first kappa shape index (κ1) is 13.6. The van der Waals surface area contributed by atoms with E-state index in [2.05, 4.69) is 28.1 Å². The molecule has 1 aliphatic heterocycles. The first-order valence-corrected chi connectivity index (χ1v) is 8.01. The zero-order chi connectivity index (χ0) is 13.9. The van der Waals surface area contributed by atoms with Gasteiger partial charge in [0.05, 0.1) is 6.20 Å². The van der Waals surface area contributed by atoms with Crippen LogP contribution in [0.15, 0.2) is 18.6 Å². The molecule has 2 aromatic heterocycles. The maximum absolute atomic E-state index is 5.68. The quantitative estimate of drug-likeness (QED) is 0.939. The van der Waals surface area contributed by atoms with E-state index in [1.807, 2.05) is 17.1 Å². The SMILES string of the molecule is CCn1cc(C2CCN(Cc3cnc(N)s3)CC2)cn1. The Hall–Kier alpha value is -1.40. The van der Waals surface area contributed by atoms with Crippen molar-refractivity contribution < 1.29 is 0 Å². The monoisotopic (exact) mass is 291 g/mol. The lowest BCUT2D eigenvalue weighted by Gasteiger charge is -2.31. The van der Waals surface area contributed by atoms with Gasteiger partial charge >= 0.3 is 0 Å². The van der Waals surface area contributed by atoms with Crippen LogP contribution in [0, 0.1) is 0 Å². The number of piperidine rings is 1. The fourth-order valence-corrected chi connectivity index (χ4v) is 3.53. The lowest BCUT2D eigenvalue weighted by atomic mass is 9.91. The fourth-order valence-electron chi connectivity index (χ4n) is 2.80. The highest BCUT2D eigenvalue weighted by molar-refractivity contribution is 7.15. The molecule has 0 amide bonds. The summed E-state index contributed by atoms with van der Waals surface area (Å²) in [5, 5.41) is 5.05. The number of nitrogen functional groups attached to an aromatic ring is 1. The molecule has 1 saturated heterocycles. The molecule has 0 atom stereocenters. The van der Waals surface area contributed by atoms with Crippen molar-refractivity contribution in [3.63, 3.8) is 0 Å². The van der Waals surface area contributed by atoms with Gasteiger partial charge in [0.15, 0.2) is 5.13 Å². The molecule has 5 nitrogen and oxygen atoms in total. The van der Waals surface area contributed by atoms with Crippen LogP contribution in [0.3, 0.4) is 0 Å². The molecule has 0 aromatic carbocycles. The molecule has 3 heterocycles. The van der Waals surface area contributed by atoms with Crippen molar-refractivity contribution in [1.82, 2.24) is 19.7 Å². The van der Waals surface area contributed by atoms with E-state index in [1.165, 1.54) is 23.3 Å². The number of aryl methyl sites for hydroxylation is 1. The van der Waals surface area contributed by atoms with Gasteiger partial charge in [-0.15, -0.1) is 11.3 Å². The summed E-state index contributed by atoms with van der Waals surface area (Å²) < 4.78 is 2.02. The van der Waals surface area contributed by atoms with Crippen molar-refractivity contribution >= 4 is 16.5 Å². The summed E-state index contributed by atoms with van der Waals surface area (Å²) in [4.78, 5) is 7.87. The van der Waals surface area contributed by atoms with Crippen LogP contribution in [0.5, 0.6) is 0 Å². The van der Waals surface area contributed by atoms with Crippen LogP contribution in [0.25, 0.3) is 0 Å². The number of rotatable bonds is 4. The van der Waals surface area contributed by atoms with Crippen LogP contribution in [0.2, 0.25) is 0 Å². The lowest BCUT2D eigenvalue weighted by Crippen LogP contribution is -2.32. The number of hydrogen-bond acceptors (Lipinski definition) is 5. The molecule has 0 radical (unpaired) electrons. The first-order chi connectivity index (χ1) is 9.74. The number of likely N-dealkylation sites (tertiary alicyclic amines) is 1. The van der Waals surface area contributed by atoms with E-state index < -0.39 is 0 Å². The second-order valence-corrected chi connectivity index (χ2v) is 6.49. The standard InChI is InChI=1S/C14H21N5S/c1-2-19-9-12(7-17-19)11-3-5-18(6-4-11)10-13-8-16-14(15)20-13/h7-9,11H,2-6,10H2,1H3,(H2,15,16). The van der Waals surface area contributed by atoms with Gasteiger partial charge in [0.2, 0.25) is 0 Å². The third-order valence-corrected chi connectivity index (χ3v) is 4.80. The van der Waals surface area contributed by atoms with Gasteiger partial charge in [-0.1, -0.05) is 0 Å². The van der Waals surface area contributed by atoms with Crippen LogP contribution in [-0.4, -0.2) is 32.8 Å². The predicted octanol–water partition coefficient (Wildman–Crippen LogP) is 2.32. The van der Waals surface area contributed by atoms with Crippen molar-refractivity contribution in [2.75, 3.05) is 18.8 Å². The number of nitrogens with two attached hydrogens (primary N) is 1. The van der Waals surface area contributed by atoms with Gasteiger partial charge in [-0.3, -0.25) is 9.58 Å². The van der Waals surface area contributed by atoms with Crippen molar-refractivity contribution in [2.45, 2.75) is 38.8 Å². The average molecular weight is 291 g/mol. The summed E-state index contributed by atoms with van der Waals surface area (Å²) in [5.74, 6) is 0.665. The fraction of sp³-hybridized carbons (Fsp3) is 0.571. The lowest BCUT2D eigenvalue weighted by molar-refractivity contribution is 0.206. The molecular formula is C14H21N5S. The van der Waals surface area contributed by atoms with Gasteiger partial charge in [-0.2, -0.15) is 5.10 Å². The van der Waals surface area contributed by atoms with Gasteiger partial charge in [0.25, 0.3) is 0 Å². The highest BCUT2D eigenvalue weighted by atomic mass is 32.1. The van der Waals surface area contributed by atoms with E-state index in [1.54, 1.807) is 11.3 Å². The number of hydrogen-bond donors (Lipinski definition) is 1. The second-order valence-electron chi connectivity index (χ2n) is 5.34. The molecule has 2 aromatic rings. The molecule has 0 unspecified atom stereocenters. The highest BCUT2D eigenvalue weighted by Gasteiger charge is 2.22. The zero-order valence-electron chi connectivity index (χ0n) is 11.8. The molecule has 1 aliphatic rings. The summed E-state index contributed by atoms with van der Waals surface area (Å²) >= 11 is 1.60. The minimum absolute atomic E-state index is 0.665. The summed E-state index contributed by atoms with van der Waals surface area (Å²) in [6.07, 6.45) is 8.56. The molecule has 20 heavy (non-hydrogen) atoms. The molecule has 6 heteroatoms. The maximum atomic E-state index is 5.68. The normalized spacial score (nSPS) is 17.6. The Bertz CT molecular complexity index is 553. The molecule has 0 bridgehead atoms. The molecule has 1 fully saturated rings. The molecule has 3 rings (SSSR count). The molecular weight excluding hydrogens is 270 g/mol. The Morgan fingerprint density at radius 1 is 1.35 bits per heavy atom. The van der Waals surface area contributed by atoms with Crippen molar-refractivity contribution in [2.24, 2.45) is 0 Å². The molecule has 0 aliphatic carbocycles. The Balaban J connectivity index is 1.54. The number of aromatic nitrogens is 3. The Labute approximate surface area is 123 Å². The smallest absolute Gasteiger partial charge is 0.180 e. The van der Waals surface area contributed by atoms with E-state index in [0.29, 0.717) is 11.0 Å². The predicted molar refractivity (Wildman–Crippen MR) is 81.7 cm³/mol. The van der Waals surface area contributed by atoms with Crippen LogP contribution in [-0.2, 0) is 13.1 Å². The van der Waals surface area contributed by atoms with E-state index in [0.717, 1.165) is 26.2 Å². The number of nitrogens with zero attached hydrogens (tertiary/aromatic N) is 4. The van der Waals surface area contributed by atoms with Gasteiger partial charge in [0, 0.05) is 30.4 Å². The minimum atomic E-state index is 0.665. The van der Waals surface area contributed by atoms with Crippen molar-refractivity contribution in [1.29, 1.82) is 0 Å². The number of anilines is 1. The van der Waals surface area contributed by atoms with Gasteiger partial charge in [-0.05, 0) is 44.3 Å². The van der Waals surface area contributed by atoms with Crippen LogP contribution in [0.4, 0.5) is 5.13 Å². The second kappa shape index (κ2) is 5.93. The van der Waals surface area contributed by atoms with Crippen LogP contribution >= 0.6 is 11.3 Å². The van der Waals surface area contributed by atoms with Crippen LogP contribution in [0.1, 0.15) is 36.1 Å². The largest absolute Gasteiger partial charge is 0.375 e. The van der Waals surface area contributed by atoms with E-state index in [9.17, 15) is 0 Å². The molecule has 0 spiro atoms. The Morgan fingerprint density at radius 3 is 2.75 bits per heavy atom. The van der Waals surface area contributed by atoms with Crippen LogP contribution < -0.4 is 5.73 Å². The van der Waals surface area contributed by atoms with E-state index in [-0.39, 0.29) is 0 Å². The van der Waals surface area contributed by atoms with Crippen molar-refractivity contribution in [3.05, 3.63) is 29.0 Å². The Morgan fingerprint density at radius 2 is 2.15 bits per heavy atom. The average Bonchev–Trinajstić information content (AvgIpc) is 3.09. The molecule has 0 saturated carbocycles. The maximum Gasteiger partial charge on any atom is 0.180 e. The minimum Gasteiger partial charge on any atom is -0.375 e. The summed E-state index contributed by atoms with van der Waals surface area (Å²) in [6, 6.07) is 0. The summed E-state index contributed by atoms with van der Waals surface area (Å²) in [5.41, 5.74) is 7.07. The molecule has 2 N–H and O–H groups in total. The molecule has 108 valence electrons. The number of thiazole rings is 1. The van der Waals surface area contributed by atoms with Gasteiger partial charge < -0.3 is 5.73 Å². The third-order valence-electron chi connectivity index (χ3n) is 3.99. The zero-order valence-corrected chi connectivity index (χ0v) is 12.6. The Kier molecular flexibility index (Phi) is 4.03. The third kappa shape index (κ3) is 3.02. The summed E-state index contributed by atoms with van der Waals surface area (Å²) in [6.45, 7) is 6.33. The first-order valence-electron chi connectivity index (χ1n) is 7.19. The summed E-state index contributed by atoms with van der Waals surface area (Å²) in [7, 11) is 0.